The maximum Gasteiger partial charge on any atom is 0.205 e. The first kappa shape index (κ1) is 18.8. The van der Waals surface area contributed by atoms with Gasteiger partial charge in [0.25, 0.3) is 0 Å². The molecule has 1 aliphatic heterocycles. The average molecular weight is 386 g/mol. The van der Waals surface area contributed by atoms with Gasteiger partial charge in [-0.05, 0) is 25.0 Å². The van der Waals surface area contributed by atoms with Gasteiger partial charge in [-0.25, -0.2) is 0 Å². The zero-order chi connectivity index (χ0) is 20.4. The second kappa shape index (κ2) is 7.84. The summed E-state index contributed by atoms with van der Waals surface area (Å²) in [6, 6.07) is 17.8. The number of Topliss-reactive ketones (excluding diaryl/α,β-unsaturated/α-hetero) is 1. The molecule has 0 amide bonds. The van der Waals surface area contributed by atoms with E-state index in [1.54, 1.807) is 0 Å². The third-order valence-corrected chi connectivity index (χ3v) is 5.35. The second-order valence-corrected chi connectivity index (χ2v) is 7.35. The quantitative estimate of drug-likeness (QED) is 0.842. The number of hydrogen-bond acceptors (Lipinski definition) is 5. The maximum absolute atomic E-state index is 12.8. The fourth-order valence-electron chi connectivity index (χ4n) is 3.86. The van der Waals surface area contributed by atoms with Crippen LogP contribution >= 0.6 is 0 Å². The zero-order valence-electron chi connectivity index (χ0n) is 16.3. The molecule has 2 aromatic rings. The first-order valence-electron chi connectivity index (χ1n) is 9.69. The smallest absolute Gasteiger partial charge is 0.205 e. The highest BCUT2D eigenvalue weighted by Crippen LogP contribution is 2.45. The van der Waals surface area contributed by atoms with Crippen molar-refractivity contribution >= 4 is 5.78 Å². The zero-order valence-corrected chi connectivity index (χ0v) is 16.3. The molecule has 1 atom stereocenters. The summed E-state index contributed by atoms with van der Waals surface area (Å²) in [7, 11) is 0. The van der Waals surface area contributed by atoms with Crippen molar-refractivity contribution in [1.82, 2.24) is 0 Å². The molecule has 0 fully saturated rings. The number of carbonyl (C=O) groups excluding carboxylic acids is 1. The van der Waals surface area contributed by atoms with E-state index in [1.165, 1.54) is 5.56 Å². The van der Waals surface area contributed by atoms with Crippen molar-refractivity contribution in [3.05, 3.63) is 88.0 Å². The topological polar surface area (TPSA) is 85.3 Å². The fraction of sp³-hybridized carbons (Fsp3) is 0.250. The molecule has 0 saturated heterocycles. The van der Waals surface area contributed by atoms with E-state index in [-0.39, 0.29) is 17.2 Å². The van der Waals surface area contributed by atoms with E-state index in [4.69, 9.17) is 15.2 Å². The van der Waals surface area contributed by atoms with E-state index in [9.17, 15) is 10.1 Å². The molecule has 2 N–H and O–H groups in total. The summed E-state index contributed by atoms with van der Waals surface area (Å²) in [5.74, 6) is 0.719. The van der Waals surface area contributed by atoms with E-state index in [1.807, 2.05) is 55.5 Å². The lowest BCUT2D eigenvalue weighted by Crippen LogP contribution is -2.27. The van der Waals surface area contributed by atoms with E-state index in [0.29, 0.717) is 36.5 Å². The molecule has 2 aromatic carbocycles. The number of carbonyl (C=O) groups is 1. The molecule has 1 heterocycles. The molecule has 29 heavy (non-hydrogen) atoms. The normalized spacial score (nSPS) is 18.8. The second-order valence-electron chi connectivity index (χ2n) is 7.35. The minimum atomic E-state index is -0.564. The highest BCUT2D eigenvalue weighted by Gasteiger charge is 2.39. The largest absolute Gasteiger partial charge is 0.489 e. The summed E-state index contributed by atoms with van der Waals surface area (Å²) >= 11 is 0. The van der Waals surface area contributed by atoms with Gasteiger partial charge in [0.05, 0.1) is 5.92 Å². The molecule has 0 aromatic heterocycles. The Hall–Kier alpha value is -3.52. The molecule has 0 radical (unpaired) electrons. The van der Waals surface area contributed by atoms with Gasteiger partial charge in [0.2, 0.25) is 5.88 Å². The van der Waals surface area contributed by atoms with Crippen LogP contribution in [0.2, 0.25) is 0 Å². The van der Waals surface area contributed by atoms with Gasteiger partial charge in [0, 0.05) is 24.0 Å². The predicted molar refractivity (Wildman–Crippen MR) is 108 cm³/mol. The summed E-state index contributed by atoms with van der Waals surface area (Å²) in [5.41, 5.74) is 9.82. The molecule has 5 nitrogen and oxygen atoms in total. The number of ether oxygens (including phenoxy) is 2. The highest BCUT2D eigenvalue weighted by atomic mass is 16.5. The Morgan fingerprint density at radius 2 is 1.93 bits per heavy atom. The van der Waals surface area contributed by atoms with Crippen LogP contribution in [0.3, 0.4) is 0 Å². The predicted octanol–water partition coefficient (Wildman–Crippen LogP) is 4.39. The third kappa shape index (κ3) is 3.62. The van der Waals surface area contributed by atoms with Crippen LogP contribution in [-0.2, 0) is 16.1 Å². The Kier molecular flexibility index (Phi) is 5.09. The number of ketones is 1. The summed E-state index contributed by atoms with van der Waals surface area (Å²) < 4.78 is 11.8. The molecule has 2 aliphatic rings. The monoisotopic (exact) mass is 386 g/mol. The Bertz CT molecular complexity index is 1060. The molecule has 0 spiro atoms. The highest BCUT2D eigenvalue weighted by molar-refractivity contribution is 5.99. The van der Waals surface area contributed by atoms with Gasteiger partial charge in [-0.1, -0.05) is 48.0 Å². The van der Waals surface area contributed by atoms with Gasteiger partial charge in [-0.2, -0.15) is 5.26 Å². The number of allylic oxidation sites excluding steroid dienone is 3. The number of nitrogens with zero attached hydrogens (tertiary/aromatic N) is 1. The fourth-order valence-corrected chi connectivity index (χ4v) is 3.86. The lowest BCUT2D eigenvalue weighted by atomic mass is 9.77. The Morgan fingerprint density at radius 1 is 1.17 bits per heavy atom. The van der Waals surface area contributed by atoms with Gasteiger partial charge in [-0.15, -0.1) is 0 Å². The molecule has 5 heteroatoms. The minimum absolute atomic E-state index is 0.00448. The number of rotatable bonds is 4. The molecule has 1 aliphatic carbocycles. The van der Waals surface area contributed by atoms with Crippen LogP contribution in [0.4, 0.5) is 0 Å². The SMILES string of the molecule is Cc1ccc(COc2ccccc2[C@@H]2C(C#N)=C(N)OC3=C2C(=O)CCC3)cc1. The lowest BCUT2D eigenvalue weighted by Gasteiger charge is -2.31. The molecule has 0 saturated carbocycles. The Balaban J connectivity index is 1.73. The van der Waals surface area contributed by atoms with E-state index in [2.05, 4.69) is 6.07 Å². The van der Waals surface area contributed by atoms with Crippen LogP contribution in [0, 0.1) is 18.3 Å². The molecule has 146 valence electrons. The number of para-hydroxylation sites is 1. The lowest BCUT2D eigenvalue weighted by molar-refractivity contribution is -0.116. The molecule has 0 unspecified atom stereocenters. The van der Waals surface area contributed by atoms with Crippen LogP contribution in [0.1, 0.15) is 41.9 Å². The van der Waals surface area contributed by atoms with Crippen molar-refractivity contribution in [3.8, 4) is 11.8 Å². The number of nitriles is 1. The van der Waals surface area contributed by atoms with E-state index >= 15 is 0 Å². The average Bonchev–Trinajstić information content (AvgIpc) is 2.73. The van der Waals surface area contributed by atoms with Crippen molar-refractivity contribution < 1.29 is 14.3 Å². The van der Waals surface area contributed by atoms with Crippen molar-refractivity contribution in [3.63, 3.8) is 0 Å². The molecule has 4 rings (SSSR count). The molecule has 0 bridgehead atoms. The summed E-state index contributed by atoms with van der Waals surface area (Å²) in [6.07, 6.45) is 1.82. The molecular weight excluding hydrogens is 364 g/mol. The summed E-state index contributed by atoms with van der Waals surface area (Å²) in [6.45, 7) is 2.43. The van der Waals surface area contributed by atoms with Crippen LogP contribution in [-0.4, -0.2) is 5.78 Å². The summed E-state index contributed by atoms with van der Waals surface area (Å²) in [4.78, 5) is 12.8. The van der Waals surface area contributed by atoms with Crippen molar-refractivity contribution in [2.24, 2.45) is 5.73 Å². The first-order chi connectivity index (χ1) is 14.1. The van der Waals surface area contributed by atoms with Crippen LogP contribution in [0.15, 0.2) is 71.3 Å². The van der Waals surface area contributed by atoms with Crippen LogP contribution in [0.25, 0.3) is 0 Å². The Labute approximate surface area is 170 Å². The van der Waals surface area contributed by atoms with Gasteiger partial charge >= 0.3 is 0 Å². The van der Waals surface area contributed by atoms with E-state index in [0.717, 1.165) is 17.5 Å². The number of aryl methyl sites for hydroxylation is 1. The summed E-state index contributed by atoms with van der Waals surface area (Å²) in [5, 5.41) is 9.75. The number of hydrogen-bond donors (Lipinski definition) is 1. The van der Waals surface area contributed by atoms with Crippen molar-refractivity contribution in [2.75, 3.05) is 0 Å². The van der Waals surface area contributed by atoms with Crippen molar-refractivity contribution in [2.45, 2.75) is 38.7 Å². The van der Waals surface area contributed by atoms with Gasteiger partial charge in [0.1, 0.15) is 29.8 Å². The van der Waals surface area contributed by atoms with Crippen LogP contribution < -0.4 is 10.5 Å². The standard InChI is InChI=1S/C24H22N2O3/c1-15-9-11-16(12-10-15)14-28-20-7-3-2-5-17(20)22-18(13-25)24(26)29-21-8-4-6-19(27)23(21)22/h2-3,5,7,9-12,22H,4,6,8,14,26H2,1H3/t22-/m1/s1. The number of benzene rings is 2. The Morgan fingerprint density at radius 3 is 2.69 bits per heavy atom. The maximum atomic E-state index is 12.8. The van der Waals surface area contributed by atoms with E-state index < -0.39 is 5.92 Å². The molecular formula is C24H22N2O3. The third-order valence-electron chi connectivity index (χ3n) is 5.35. The van der Waals surface area contributed by atoms with Crippen molar-refractivity contribution in [1.29, 1.82) is 5.26 Å². The van der Waals surface area contributed by atoms with Gasteiger partial charge in [0.15, 0.2) is 5.78 Å². The van der Waals surface area contributed by atoms with Gasteiger partial charge < -0.3 is 15.2 Å². The number of nitrogens with two attached hydrogens (primary N) is 1. The van der Waals surface area contributed by atoms with Crippen LogP contribution in [0.5, 0.6) is 5.75 Å². The first-order valence-corrected chi connectivity index (χ1v) is 9.69. The van der Waals surface area contributed by atoms with Gasteiger partial charge in [-0.3, -0.25) is 4.79 Å². The minimum Gasteiger partial charge on any atom is -0.489 e.